The number of hydrogen-bond donors (Lipinski definition) is 1. The van der Waals surface area contributed by atoms with Crippen molar-refractivity contribution in [2.24, 2.45) is 5.92 Å². The highest BCUT2D eigenvalue weighted by Crippen LogP contribution is 2.22. The van der Waals surface area contributed by atoms with Gasteiger partial charge in [0, 0.05) is 26.7 Å². The minimum absolute atomic E-state index is 0.320. The van der Waals surface area contributed by atoms with E-state index in [-0.39, 0.29) is 0 Å². The topological polar surface area (TPSA) is 49.4 Å². The average Bonchev–Trinajstić information content (AvgIpc) is 2.74. The number of nitrogens with zero attached hydrogens (tertiary/aromatic N) is 1. The molecule has 1 N–H and O–H groups in total. The van der Waals surface area contributed by atoms with E-state index >= 15 is 0 Å². The molecule has 0 radical (unpaired) electrons. The van der Waals surface area contributed by atoms with Crippen LogP contribution in [0.2, 0.25) is 0 Å². The van der Waals surface area contributed by atoms with E-state index in [2.05, 4.69) is 5.32 Å². The van der Waals surface area contributed by atoms with Gasteiger partial charge in [0.1, 0.15) is 0 Å². The molecule has 0 unspecified atom stereocenters. The van der Waals surface area contributed by atoms with Crippen LogP contribution in [0.5, 0.6) is 0 Å². The zero-order valence-electron chi connectivity index (χ0n) is 11.1. The number of sulfonamides is 1. The third-order valence-electron chi connectivity index (χ3n) is 3.14. The molecule has 1 aromatic carbocycles. The maximum Gasteiger partial charge on any atom is 0.242 e. The molecule has 18 heavy (non-hydrogen) atoms. The Morgan fingerprint density at radius 1 is 1.28 bits per heavy atom. The first kappa shape index (κ1) is 13.5. The van der Waals surface area contributed by atoms with Gasteiger partial charge in [-0.25, -0.2) is 12.7 Å². The summed E-state index contributed by atoms with van der Waals surface area (Å²) in [5, 5.41) is 3.22. The lowest BCUT2D eigenvalue weighted by molar-refractivity contribution is 0.417. The van der Waals surface area contributed by atoms with Gasteiger partial charge in [0.05, 0.1) is 4.90 Å². The van der Waals surface area contributed by atoms with E-state index in [1.807, 2.05) is 19.9 Å². The zero-order valence-corrected chi connectivity index (χ0v) is 11.9. The number of rotatable bonds is 4. The maximum atomic E-state index is 12.4. The SMILES string of the molecule is CC(C)CN(C)S(=O)(=O)c1ccc2c(c1)CNC2. The van der Waals surface area contributed by atoms with Crippen molar-refractivity contribution in [1.82, 2.24) is 9.62 Å². The van der Waals surface area contributed by atoms with E-state index in [0.29, 0.717) is 17.4 Å². The largest absolute Gasteiger partial charge is 0.309 e. The molecule has 0 spiro atoms. The second-order valence-electron chi connectivity index (χ2n) is 5.21. The minimum atomic E-state index is -3.35. The van der Waals surface area contributed by atoms with Crippen LogP contribution in [0.3, 0.4) is 0 Å². The summed E-state index contributed by atoms with van der Waals surface area (Å²) in [6.07, 6.45) is 0. The highest BCUT2D eigenvalue weighted by atomic mass is 32.2. The van der Waals surface area contributed by atoms with Gasteiger partial charge in [0.15, 0.2) is 0 Å². The third-order valence-corrected chi connectivity index (χ3v) is 4.96. The van der Waals surface area contributed by atoms with E-state index < -0.39 is 10.0 Å². The van der Waals surface area contributed by atoms with Gasteiger partial charge in [0.2, 0.25) is 10.0 Å². The Labute approximate surface area is 109 Å². The first-order valence-corrected chi connectivity index (χ1v) is 7.64. The Hall–Kier alpha value is -0.910. The Bertz CT molecular complexity index is 538. The van der Waals surface area contributed by atoms with Crippen LogP contribution in [0.15, 0.2) is 23.1 Å². The van der Waals surface area contributed by atoms with Gasteiger partial charge in [-0.15, -0.1) is 0 Å². The second-order valence-corrected chi connectivity index (χ2v) is 7.26. The summed E-state index contributed by atoms with van der Waals surface area (Å²) in [5.41, 5.74) is 2.29. The molecule has 4 nitrogen and oxygen atoms in total. The van der Waals surface area contributed by atoms with Crippen molar-refractivity contribution in [1.29, 1.82) is 0 Å². The zero-order chi connectivity index (χ0) is 13.3. The van der Waals surface area contributed by atoms with Crippen molar-refractivity contribution in [3.63, 3.8) is 0 Å². The standard InChI is InChI=1S/C13H20N2O2S/c1-10(2)9-15(3)18(16,17)13-5-4-11-7-14-8-12(11)6-13/h4-6,10,14H,7-9H2,1-3H3. The lowest BCUT2D eigenvalue weighted by Crippen LogP contribution is -2.30. The fourth-order valence-corrected chi connectivity index (χ4v) is 3.61. The summed E-state index contributed by atoms with van der Waals surface area (Å²) >= 11 is 0. The van der Waals surface area contributed by atoms with Crippen LogP contribution < -0.4 is 5.32 Å². The summed E-state index contributed by atoms with van der Waals surface area (Å²) < 4.78 is 26.2. The van der Waals surface area contributed by atoms with Gasteiger partial charge in [-0.2, -0.15) is 0 Å². The van der Waals surface area contributed by atoms with Crippen LogP contribution in [0.25, 0.3) is 0 Å². The summed E-state index contributed by atoms with van der Waals surface area (Å²) in [5.74, 6) is 0.320. The molecule has 2 rings (SSSR count). The lowest BCUT2D eigenvalue weighted by Gasteiger charge is -2.19. The van der Waals surface area contributed by atoms with Gasteiger partial charge in [-0.3, -0.25) is 0 Å². The van der Waals surface area contributed by atoms with Crippen molar-refractivity contribution in [3.05, 3.63) is 29.3 Å². The summed E-state index contributed by atoms with van der Waals surface area (Å²) in [6.45, 7) is 6.15. The van der Waals surface area contributed by atoms with Crippen molar-refractivity contribution < 1.29 is 8.42 Å². The quantitative estimate of drug-likeness (QED) is 0.901. The van der Waals surface area contributed by atoms with E-state index in [1.165, 1.54) is 9.87 Å². The summed E-state index contributed by atoms with van der Waals surface area (Å²) in [7, 11) is -1.71. The third kappa shape index (κ3) is 2.58. The lowest BCUT2D eigenvalue weighted by atomic mass is 10.1. The second kappa shape index (κ2) is 4.99. The fraction of sp³-hybridized carbons (Fsp3) is 0.538. The first-order chi connectivity index (χ1) is 8.41. The molecule has 1 aromatic rings. The molecule has 1 aliphatic heterocycles. The highest BCUT2D eigenvalue weighted by molar-refractivity contribution is 7.89. The molecule has 0 bridgehead atoms. The van der Waals surface area contributed by atoms with Crippen molar-refractivity contribution in [2.75, 3.05) is 13.6 Å². The fourth-order valence-electron chi connectivity index (χ4n) is 2.22. The number of fused-ring (bicyclic) bond motifs is 1. The van der Waals surface area contributed by atoms with Gasteiger partial charge in [0.25, 0.3) is 0 Å². The Kier molecular flexibility index (Phi) is 3.75. The molecule has 0 aliphatic carbocycles. The number of hydrogen-bond acceptors (Lipinski definition) is 3. The Morgan fingerprint density at radius 3 is 2.61 bits per heavy atom. The molecule has 0 atom stereocenters. The van der Waals surface area contributed by atoms with Gasteiger partial charge >= 0.3 is 0 Å². The monoisotopic (exact) mass is 268 g/mol. The predicted molar refractivity (Wildman–Crippen MR) is 71.6 cm³/mol. The molecular weight excluding hydrogens is 248 g/mol. The first-order valence-electron chi connectivity index (χ1n) is 6.20. The number of benzene rings is 1. The Balaban J connectivity index is 2.30. The predicted octanol–water partition coefficient (Wildman–Crippen LogP) is 1.57. The van der Waals surface area contributed by atoms with Crippen molar-refractivity contribution in [2.45, 2.75) is 31.8 Å². The molecule has 100 valence electrons. The van der Waals surface area contributed by atoms with E-state index in [1.54, 1.807) is 19.2 Å². The molecule has 5 heteroatoms. The van der Waals surface area contributed by atoms with E-state index in [0.717, 1.165) is 18.7 Å². The molecule has 0 fully saturated rings. The molecule has 0 saturated carbocycles. The summed E-state index contributed by atoms with van der Waals surface area (Å²) in [6, 6.07) is 5.41. The van der Waals surface area contributed by atoms with Crippen LogP contribution in [0.1, 0.15) is 25.0 Å². The van der Waals surface area contributed by atoms with Crippen LogP contribution >= 0.6 is 0 Å². The van der Waals surface area contributed by atoms with Gasteiger partial charge < -0.3 is 5.32 Å². The van der Waals surface area contributed by atoms with Crippen LogP contribution in [0.4, 0.5) is 0 Å². The van der Waals surface area contributed by atoms with Gasteiger partial charge in [-0.1, -0.05) is 19.9 Å². The van der Waals surface area contributed by atoms with Gasteiger partial charge in [-0.05, 0) is 29.2 Å². The number of nitrogens with one attached hydrogen (secondary N) is 1. The molecule has 1 heterocycles. The van der Waals surface area contributed by atoms with Crippen molar-refractivity contribution in [3.8, 4) is 0 Å². The molecule has 1 aliphatic rings. The highest BCUT2D eigenvalue weighted by Gasteiger charge is 2.23. The molecule has 0 amide bonds. The Morgan fingerprint density at radius 2 is 1.94 bits per heavy atom. The average molecular weight is 268 g/mol. The minimum Gasteiger partial charge on any atom is -0.309 e. The smallest absolute Gasteiger partial charge is 0.242 e. The van der Waals surface area contributed by atoms with E-state index in [9.17, 15) is 8.42 Å². The van der Waals surface area contributed by atoms with Crippen LogP contribution in [-0.2, 0) is 23.1 Å². The summed E-state index contributed by atoms with van der Waals surface area (Å²) in [4.78, 5) is 0.396. The normalized spacial score (nSPS) is 15.4. The van der Waals surface area contributed by atoms with Crippen LogP contribution in [0, 0.1) is 5.92 Å². The molecular formula is C13H20N2O2S. The molecule has 0 saturated heterocycles. The van der Waals surface area contributed by atoms with Crippen molar-refractivity contribution >= 4 is 10.0 Å². The van der Waals surface area contributed by atoms with Crippen LogP contribution in [-0.4, -0.2) is 26.3 Å². The van der Waals surface area contributed by atoms with E-state index in [4.69, 9.17) is 0 Å². The maximum absolute atomic E-state index is 12.4. The molecule has 0 aromatic heterocycles.